The molecule has 0 aliphatic carbocycles. The zero-order valence-corrected chi connectivity index (χ0v) is 15.5. The van der Waals surface area contributed by atoms with Crippen molar-refractivity contribution in [3.63, 3.8) is 0 Å². The summed E-state index contributed by atoms with van der Waals surface area (Å²) < 4.78 is 16.2. The summed E-state index contributed by atoms with van der Waals surface area (Å²) in [5.74, 6) is 0.126. The number of Topliss-reactive ketones (excluding diaryl/α,β-unsaturated/α-hetero) is 1. The standard InChI is InChI=1S/C21H18N2O6/c24-17(13-6-7-18-19(10-13)28-9-3-8-27-18)12-29-20(25)11-16-14-4-1-2-5-15(14)21(26)23-22-16/h1-2,4-7,10H,3,8-9,11-12H2,(H,23,26). The number of hydrogen-bond donors (Lipinski definition) is 1. The lowest BCUT2D eigenvalue weighted by Gasteiger charge is -2.09. The Bertz CT molecular complexity index is 1140. The van der Waals surface area contributed by atoms with Gasteiger partial charge in [0.05, 0.1) is 30.7 Å². The number of rotatable bonds is 5. The van der Waals surface area contributed by atoms with Crippen LogP contribution in [0, 0.1) is 0 Å². The number of carbonyl (C=O) groups excluding carboxylic acids is 2. The van der Waals surface area contributed by atoms with Gasteiger partial charge in [-0.3, -0.25) is 14.4 Å². The Kier molecular flexibility index (Phi) is 5.24. The van der Waals surface area contributed by atoms with Crippen LogP contribution >= 0.6 is 0 Å². The minimum Gasteiger partial charge on any atom is -0.490 e. The molecule has 0 atom stereocenters. The zero-order valence-electron chi connectivity index (χ0n) is 15.5. The highest BCUT2D eigenvalue weighted by Gasteiger charge is 2.17. The first-order valence-corrected chi connectivity index (χ1v) is 9.16. The zero-order chi connectivity index (χ0) is 20.2. The first kappa shape index (κ1) is 18.7. The van der Waals surface area contributed by atoms with Crippen molar-refractivity contribution >= 4 is 22.5 Å². The minimum atomic E-state index is -0.614. The topological polar surface area (TPSA) is 108 Å². The molecule has 1 aliphatic heterocycles. The van der Waals surface area contributed by atoms with Gasteiger partial charge in [-0.05, 0) is 24.3 Å². The number of nitrogens with one attached hydrogen (secondary N) is 1. The fraction of sp³-hybridized carbons (Fsp3) is 0.238. The summed E-state index contributed by atoms with van der Waals surface area (Å²) in [6.45, 7) is 0.672. The molecule has 0 saturated heterocycles. The molecule has 2 aromatic carbocycles. The number of benzene rings is 2. The molecule has 3 aromatic rings. The molecule has 1 N–H and O–H groups in total. The van der Waals surface area contributed by atoms with Crippen LogP contribution in [0.5, 0.6) is 11.5 Å². The quantitative estimate of drug-likeness (QED) is 0.521. The molecule has 0 fully saturated rings. The maximum absolute atomic E-state index is 12.4. The SMILES string of the molecule is O=C(Cc1n[nH]c(=O)c2ccccc12)OCC(=O)c1ccc2c(c1)OCCCO2. The van der Waals surface area contributed by atoms with Crippen molar-refractivity contribution in [2.45, 2.75) is 12.8 Å². The van der Waals surface area contributed by atoms with Crippen molar-refractivity contribution in [1.82, 2.24) is 10.2 Å². The molecule has 148 valence electrons. The van der Waals surface area contributed by atoms with Gasteiger partial charge in [0, 0.05) is 17.4 Å². The van der Waals surface area contributed by atoms with Crippen LogP contribution in [0.1, 0.15) is 22.5 Å². The van der Waals surface area contributed by atoms with E-state index in [-0.39, 0.29) is 17.8 Å². The highest BCUT2D eigenvalue weighted by atomic mass is 16.5. The van der Waals surface area contributed by atoms with Crippen LogP contribution in [-0.4, -0.2) is 41.8 Å². The van der Waals surface area contributed by atoms with Gasteiger partial charge in [0.15, 0.2) is 23.9 Å². The van der Waals surface area contributed by atoms with Gasteiger partial charge in [0.25, 0.3) is 5.56 Å². The molecule has 1 aliphatic rings. The summed E-state index contributed by atoms with van der Waals surface area (Å²) in [6.07, 6.45) is 0.606. The number of ketones is 1. The number of fused-ring (bicyclic) bond motifs is 2. The summed E-state index contributed by atoms with van der Waals surface area (Å²) >= 11 is 0. The smallest absolute Gasteiger partial charge is 0.312 e. The van der Waals surface area contributed by atoms with Crippen LogP contribution in [0.4, 0.5) is 0 Å². The fourth-order valence-electron chi connectivity index (χ4n) is 3.06. The van der Waals surface area contributed by atoms with Crippen LogP contribution in [-0.2, 0) is 16.0 Å². The lowest BCUT2D eigenvalue weighted by atomic mass is 10.1. The Morgan fingerprint density at radius 3 is 2.62 bits per heavy atom. The number of esters is 1. The van der Waals surface area contributed by atoms with E-state index in [0.717, 1.165) is 6.42 Å². The van der Waals surface area contributed by atoms with E-state index in [1.807, 2.05) is 0 Å². The van der Waals surface area contributed by atoms with Gasteiger partial charge in [0.1, 0.15) is 0 Å². The van der Waals surface area contributed by atoms with Crippen LogP contribution in [0.25, 0.3) is 10.8 Å². The van der Waals surface area contributed by atoms with Crippen molar-refractivity contribution in [2.75, 3.05) is 19.8 Å². The number of nitrogens with zero attached hydrogens (tertiary/aromatic N) is 1. The van der Waals surface area contributed by atoms with Gasteiger partial charge >= 0.3 is 5.97 Å². The number of carbonyl (C=O) groups is 2. The molecule has 4 rings (SSSR count). The van der Waals surface area contributed by atoms with Crippen LogP contribution < -0.4 is 15.0 Å². The summed E-state index contributed by atoms with van der Waals surface area (Å²) in [6, 6.07) is 11.7. The van der Waals surface area contributed by atoms with E-state index in [4.69, 9.17) is 14.2 Å². The fourth-order valence-corrected chi connectivity index (χ4v) is 3.06. The molecule has 0 radical (unpaired) electrons. The molecule has 0 unspecified atom stereocenters. The van der Waals surface area contributed by atoms with Gasteiger partial charge in [-0.2, -0.15) is 5.10 Å². The lowest BCUT2D eigenvalue weighted by molar-refractivity contribution is -0.141. The second-order valence-electron chi connectivity index (χ2n) is 6.52. The summed E-state index contributed by atoms with van der Waals surface area (Å²) in [5, 5.41) is 7.31. The van der Waals surface area contributed by atoms with Crippen LogP contribution in [0.3, 0.4) is 0 Å². The second kappa shape index (κ2) is 8.14. The third-order valence-electron chi connectivity index (χ3n) is 4.52. The Balaban J connectivity index is 1.41. The Morgan fingerprint density at radius 1 is 1.03 bits per heavy atom. The third kappa shape index (κ3) is 4.11. The first-order valence-electron chi connectivity index (χ1n) is 9.16. The van der Waals surface area contributed by atoms with Crippen molar-refractivity contribution in [2.24, 2.45) is 0 Å². The minimum absolute atomic E-state index is 0.161. The number of hydrogen-bond acceptors (Lipinski definition) is 7. The van der Waals surface area contributed by atoms with Crippen molar-refractivity contribution in [1.29, 1.82) is 0 Å². The average molecular weight is 394 g/mol. The molecular weight excluding hydrogens is 376 g/mol. The lowest BCUT2D eigenvalue weighted by Crippen LogP contribution is -2.18. The van der Waals surface area contributed by atoms with Gasteiger partial charge in [0.2, 0.25) is 0 Å². The second-order valence-corrected chi connectivity index (χ2v) is 6.52. The molecule has 8 heteroatoms. The summed E-state index contributed by atoms with van der Waals surface area (Å²) in [7, 11) is 0. The number of H-pyrrole nitrogens is 1. The summed E-state index contributed by atoms with van der Waals surface area (Å²) in [5.41, 5.74) is 0.421. The summed E-state index contributed by atoms with van der Waals surface area (Å²) in [4.78, 5) is 36.4. The van der Waals surface area contributed by atoms with E-state index < -0.39 is 12.6 Å². The predicted octanol–water partition coefficient (Wildman–Crippen LogP) is 2.05. The van der Waals surface area contributed by atoms with Gasteiger partial charge in [-0.25, -0.2) is 5.10 Å². The van der Waals surface area contributed by atoms with Gasteiger partial charge < -0.3 is 14.2 Å². The maximum Gasteiger partial charge on any atom is 0.312 e. The predicted molar refractivity (Wildman–Crippen MR) is 103 cm³/mol. The van der Waals surface area contributed by atoms with E-state index >= 15 is 0 Å². The molecule has 0 saturated carbocycles. The molecule has 2 heterocycles. The van der Waals surface area contributed by atoms with E-state index in [1.54, 1.807) is 42.5 Å². The van der Waals surface area contributed by atoms with E-state index in [2.05, 4.69) is 10.2 Å². The molecule has 1 aromatic heterocycles. The monoisotopic (exact) mass is 394 g/mol. The molecule has 0 spiro atoms. The maximum atomic E-state index is 12.4. The van der Waals surface area contributed by atoms with E-state index in [0.29, 0.717) is 46.7 Å². The number of ether oxygens (including phenoxy) is 3. The van der Waals surface area contributed by atoms with Gasteiger partial charge in [-0.1, -0.05) is 18.2 Å². The van der Waals surface area contributed by atoms with E-state index in [9.17, 15) is 14.4 Å². The van der Waals surface area contributed by atoms with Crippen molar-refractivity contribution in [3.05, 3.63) is 64.1 Å². The Labute approximate surface area is 165 Å². The van der Waals surface area contributed by atoms with Crippen LogP contribution in [0.15, 0.2) is 47.3 Å². The third-order valence-corrected chi connectivity index (χ3v) is 4.52. The average Bonchev–Trinajstić information content (AvgIpc) is 2.99. The largest absolute Gasteiger partial charge is 0.490 e. The van der Waals surface area contributed by atoms with Gasteiger partial charge in [-0.15, -0.1) is 0 Å². The van der Waals surface area contributed by atoms with E-state index in [1.165, 1.54) is 0 Å². The molecular formula is C21H18N2O6. The molecule has 29 heavy (non-hydrogen) atoms. The van der Waals surface area contributed by atoms with Crippen molar-refractivity contribution < 1.29 is 23.8 Å². The van der Waals surface area contributed by atoms with Crippen molar-refractivity contribution in [3.8, 4) is 11.5 Å². The van der Waals surface area contributed by atoms with Crippen LogP contribution in [0.2, 0.25) is 0 Å². The first-order chi connectivity index (χ1) is 14.1. The highest BCUT2D eigenvalue weighted by Crippen LogP contribution is 2.30. The molecule has 0 bridgehead atoms. The normalized spacial score (nSPS) is 13.0. The Hall–Kier alpha value is -3.68. The molecule has 8 nitrogen and oxygen atoms in total. The Morgan fingerprint density at radius 2 is 1.79 bits per heavy atom. The highest BCUT2D eigenvalue weighted by molar-refractivity contribution is 5.98. The number of aromatic amines is 1. The molecule has 0 amide bonds. The number of aromatic nitrogens is 2.